The van der Waals surface area contributed by atoms with Crippen LogP contribution in [0.3, 0.4) is 0 Å². The molecule has 2 rings (SSSR count). The number of aryl methyl sites for hydroxylation is 1. The van der Waals surface area contributed by atoms with Gasteiger partial charge < -0.3 is 15.1 Å². The van der Waals surface area contributed by atoms with E-state index in [1.807, 2.05) is 6.92 Å². The Labute approximate surface area is 127 Å². The number of carbonyl (C=O) groups is 2. The van der Waals surface area contributed by atoms with Crippen molar-refractivity contribution in [2.24, 2.45) is 5.92 Å². The van der Waals surface area contributed by atoms with Gasteiger partial charge in [0.25, 0.3) is 0 Å². The predicted molar refractivity (Wildman–Crippen MR) is 78.7 cm³/mol. The standard InChI is InChI=1S/C14H20N2O4S/c1-9-11(7-13(17)18)21-12(15-9)4-6-16-5-2-3-10(8-16)14(19)20/h10H,2-8H2,1H3,(H,17,18)(H,19,20). The number of carboxylic acid groups (broad SMARTS) is 2. The van der Waals surface area contributed by atoms with Crippen molar-refractivity contribution in [1.82, 2.24) is 9.88 Å². The van der Waals surface area contributed by atoms with Gasteiger partial charge in [0.05, 0.1) is 23.0 Å². The number of nitrogens with zero attached hydrogens (tertiary/aromatic N) is 2. The fraction of sp³-hybridized carbons (Fsp3) is 0.643. The average molecular weight is 312 g/mol. The minimum atomic E-state index is -0.839. The summed E-state index contributed by atoms with van der Waals surface area (Å²) < 4.78 is 0. The van der Waals surface area contributed by atoms with Gasteiger partial charge in [0.1, 0.15) is 0 Å². The van der Waals surface area contributed by atoms with Crippen molar-refractivity contribution < 1.29 is 19.8 Å². The van der Waals surface area contributed by atoms with Gasteiger partial charge in [0.15, 0.2) is 0 Å². The highest BCUT2D eigenvalue weighted by atomic mass is 32.1. The highest BCUT2D eigenvalue weighted by Crippen LogP contribution is 2.21. The van der Waals surface area contributed by atoms with Gasteiger partial charge in [0.2, 0.25) is 0 Å². The number of piperidine rings is 1. The van der Waals surface area contributed by atoms with E-state index in [0.29, 0.717) is 6.54 Å². The molecule has 0 amide bonds. The molecular weight excluding hydrogens is 292 g/mol. The van der Waals surface area contributed by atoms with Gasteiger partial charge in [-0.25, -0.2) is 4.98 Å². The van der Waals surface area contributed by atoms with Crippen LogP contribution >= 0.6 is 11.3 Å². The third-order valence-electron chi connectivity index (χ3n) is 3.75. The second-order valence-electron chi connectivity index (χ2n) is 5.41. The molecule has 1 unspecified atom stereocenters. The minimum Gasteiger partial charge on any atom is -0.481 e. The Morgan fingerprint density at radius 3 is 2.86 bits per heavy atom. The van der Waals surface area contributed by atoms with Crippen LogP contribution < -0.4 is 0 Å². The molecule has 0 aliphatic carbocycles. The topological polar surface area (TPSA) is 90.7 Å². The predicted octanol–water partition coefficient (Wildman–Crippen LogP) is 1.42. The van der Waals surface area contributed by atoms with Crippen LogP contribution in [0.15, 0.2) is 0 Å². The second-order valence-corrected chi connectivity index (χ2v) is 6.58. The zero-order valence-corrected chi connectivity index (χ0v) is 12.9. The molecule has 0 bridgehead atoms. The monoisotopic (exact) mass is 312 g/mol. The molecule has 116 valence electrons. The maximum absolute atomic E-state index is 11.0. The summed E-state index contributed by atoms with van der Waals surface area (Å²) in [4.78, 5) is 29.2. The van der Waals surface area contributed by atoms with Crippen LogP contribution in [0, 0.1) is 12.8 Å². The summed E-state index contributed by atoms with van der Waals surface area (Å²) >= 11 is 1.45. The van der Waals surface area contributed by atoms with E-state index in [2.05, 4.69) is 9.88 Å². The van der Waals surface area contributed by atoms with Crippen molar-refractivity contribution in [1.29, 1.82) is 0 Å². The minimum absolute atomic E-state index is 0.0221. The summed E-state index contributed by atoms with van der Waals surface area (Å²) in [5.41, 5.74) is 0.791. The first-order valence-electron chi connectivity index (χ1n) is 7.08. The number of hydrogen-bond acceptors (Lipinski definition) is 5. The molecule has 1 aromatic heterocycles. The molecule has 0 spiro atoms. The van der Waals surface area contributed by atoms with Gasteiger partial charge in [-0.15, -0.1) is 11.3 Å². The quantitative estimate of drug-likeness (QED) is 0.825. The molecule has 0 radical (unpaired) electrons. The summed E-state index contributed by atoms with van der Waals surface area (Å²) in [5.74, 6) is -1.82. The molecule has 1 aliphatic rings. The van der Waals surface area contributed by atoms with Gasteiger partial charge in [-0.2, -0.15) is 0 Å². The van der Waals surface area contributed by atoms with Gasteiger partial charge >= 0.3 is 11.9 Å². The van der Waals surface area contributed by atoms with Crippen LogP contribution in [0.5, 0.6) is 0 Å². The van der Waals surface area contributed by atoms with Gasteiger partial charge in [-0.1, -0.05) is 0 Å². The molecule has 6 nitrogen and oxygen atoms in total. The van der Waals surface area contributed by atoms with E-state index in [1.54, 1.807) is 0 Å². The molecule has 21 heavy (non-hydrogen) atoms. The van der Waals surface area contributed by atoms with Crippen LogP contribution in [0.1, 0.15) is 28.4 Å². The number of hydrogen-bond donors (Lipinski definition) is 2. The Bertz CT molecular complexity index is 529. The number of likely N-dealkylation sites (tertiary alicyclic amines) is 1. The molecule has 1 aliphatic heterocycles. The third-order valence-corrected chi connectivity index (χ3v) is 4.96. The summed E-state index contributed by atoms with van der Waals surface area (Å²) in [6.45, 7) is 4.14. The Balaban J connectivity index is 1.88. The Hall–Kier alpha value is -1.47. The molecule has 0 saturated carbocycles. The lowest BCUT2D eigenvalue weighted by atomic mass is 9.98. The molecule has 1 aromatic rings. The zero-order chi connectivity index (χ0) is 15.4. The maximum atomic E-state index is 11.0. The molecule has 1 fully saturated rings. The van der Waals surface area contributed by atoms with E-state index < -0.39 is 11.9 Å². The molecule has 1 saturated heterocycles. The van der Waals surface area contributed by atoms with E-state index in [0.717, 1.165) is 47.9 Å². The van der Waals surface area contributed by atoms with E-state index in [4.69, 9.17) is 10.2 Å². The van der Waals surface area contributed by atoms with E-state index in [1.165, 1.54) is 11.3 Å². The van der Waals surface area contributed by atoms with Gasteiger partial charge in [-0.3, -0.25) is 9.59 Å². The first-order chi connectivity index (χ1) is 9.95. The van der Waals surface area contributed by atoms with Crippen molar-refractivity contribution >= 4 is 23.3 Å². The fourth-order valence-electron chi connectivity index (χ4n) is 2.61. The average Bonchev–Trinajstić information content (AvgIpc) is 2.76. The van der Waals surface area contributed by atoms with Crippen molar-refractivity contribution in [3.63, 3.8) is 0 Å². The fourth-order valence-corrected chi connectivity index (χ4v) is 3.66. The Morgan fingerprint density at radius 1 is 1.43 bits per heavy atom. The van der Waals surface area contributed by atoms with Crippen LogP contribution in [0.2, 0.25) is 0 Å². The van der Waals surface area contributed by atoms with E-state index in [-0.39, 0.29) is 12.3 Å². The molecule has 0 aromatic carbocycles. The normalized spacial score (nSPS) is 19.6. The number of aliphatic carboxylic acids is 2. The number of rotatable bonds is 6. The molecule has 1 atom stereocenters. The largest absolute Gasteiger partial charge is 0.481 e. The van der Waals surface area contributed by atoms with Crippen molar-refractivity contribution in [2.75, 3.05) is 19.6 Å². The molecule has 2 heterocycles. The number of carboxylic acids is 2. The van der Waals surface area contributed by atoms with Crippen LogP contribution in [0.4, 0.5) is 0 Å². The number of thiazole rings is 1. The highest BCUT2D eigenvalue weighted by molar-refractivity contribution is 7.11. The Kier molecular flexibility index (Phi) is 5.30. The van der Waals surface area contributed by atoms with E-state index >= 15 is 0 Å². The first-order valence-corrected chi connectivity index (χ1v) is 7.89. The number of aromatic nitrogens is 1. The zero-order valence-electron chi connectivity index (χ0n) is 12.0. The lowest BCUT2D eigenvalue weighted by molar-refractivity contribution is -0.143. The summed E-state index contributed by atoms with van der Waals surface area (Å²) in [6, 6.07) is 0. The third kappa shape index (κ3) is 4.50. The summed E-state index contributed by atoms with van der Waals surface area (Å²) in [6.07, 6.45) is 2.44. The molecule has 7 heteroatoms. The SMILES string of the molecule is Cc1nc(CCN2CCCC(C(=O)O)C2)sc1CC(=O)O. The van der Waals surface area contributed by atoms with Crippen LogP contribution in [-0.2, 0) is 22.4 Å². The van der Waals surface area contributed by atoms with Gasteiger partial charge in [-0.05, 0) is 26.3 Å². The van der Waals surface area contributed by atoms with E-state index in [9.17, 15) is 9.59 Å². The second kappa shape index (κ2) is 7.00. The lowest BCUT2D eigenvalue weighted by Gasteiger charge is -2.30. The van der Waals surface area contributed by atoms with Crippen molar-refractivity contribution in [3.05, 3.63) is 15.6 Å². The smallest absolute Gasteiger partial charge is 0.308 e. The van der Waals surface area contributed by atoms with Crippen LogP contribution in [-0.4, -0.2) is 51.7 Å². The van der Waals surface area contributed by atoms with Gasteiger partial charge in [0, 0.05) is 24.4 Å². The Morgan fingerprint density at radius 2 is 2.19 bits per heavy atom. The highest BCUT2D eigenvalue weighted by Gasteiger charge is 2.25. The van der Waals surface area contributed by atoms with Crippen molar-refractivity contribution in [2.45, 2.75) is 32.6 Å². The van der Waals surface area contributed by atoms with Crippen molar-refractivity contribution in [3.8, 4) is 0 Å². The maximum Gasteiger partial charge on any atom is 0.308 e. The molecular formula is C14H20N2O4S. The molecule has 2 N–H and O–H groups in total. The first kappa shape index (κ1) is 15.9. The summed E-state index contributed by atoms with van der Waals surface area (Å²) in [7, 11) is 0. The van der Waals surface area contributed by atoms with Crippen LogP contribution in [0.25, 0.3) is 0 Å². The lowest BCUT2D eigenvalue weighted by Crippen LogP contribution is -2.39. The summed E-state index contributed by atoms with van der Waals surface area (Å²) in [5, 5.41) is 18.8.